The number of carbonyl (C=O) groups is 1. The van der Waals surface area contributed by atoms with Crippen molar-refractivity contribution < 1.29 is 4.79 Å². The molecule has 6 nitrogen and oxygen atoms in total. The third kappa shape index (κ3) is 4.11. The van der Waals surface area contributed by atoms with Gasteiger partial charge in [-0.2, -0.15) is 5.10 Å². The van der Waals surface area contributed by atoms with Gasteiger partial charge in [-0.3, -0.25) is 9.78 Å². The molecule has 6 heteroatoms. The molecule has 2 aromatic rings. The van der Waals surface area contributed by atoms with Crippen LogP contribution >= 0.6 is 0 Å². The quantitative estimate of drug-likeness (QED) is 0.844. The number of aryl methyl sites for hydroxylation is 2. The topological polar surface area (TPSA) is 72.7 Å². The number of hydrogen-bond acceptors (Lipinski definition) is 4. The molecule has 0 saturated carbocycles. The fourth-order valence-corrected chi connectivity index (χ4v) is 2.21. The van der Waals surface area contributed by atoms with Crippen LogP contribution in [0.4, 0.5) is 0 Å². The molecule has 0 aliphatic rings. The molecule has 0 saturated heterocycles. The molecule has 112 valence electrons. The average Bonchev–Trinajstić information content (AvgIpc) is 3.00. The van der Waals surface area contributed by atoms with Crippen LogP contribution in [0.5, 0.6) is 0 Å². The summed E-state index contributed by atoms with van der Waals surface area (Å²) in [6, 6.07) is 3.77. The van der Waals surface area contributed by atoms with Crippen LogP contribution in [-0.4, -0.2) is 25.7 Å². The number of nitrogens with one attached hydrogen (secondary N) is 1. The Hall–Kier alpha value is -2.24. The molecule has 0 bridgehead atoms. The van der Waals surface area contributed by atoms with Crippen molar-refractivity contribution in [1.82, 2.24) is 25.1 Å². The van der Waals surface area contributed by atoms with Crippen molar-refractivity contribution in [3.63, 3.8) is 0 Å². The van der Waals surface area contributed by atoms with Crippen molar-refractivity contribution in [3.05, 3.63) is 42.2 Å². The van der Waals surface area contributed by atoms with Gasteiger partial charge in [0.15, 0.2) is 0 Å². The van der Waals surface area contributed by atoms with E-state index in [1.807, 2.05) is 30.7 Å². The van der Waals surface area contributed by atoms with Crippen molar-refractivity contribution in [3.8, 4) is 0 Å². The normalized spacial score (nSPS) is 12.1. The molecule has 0 unspecified atom stereocenters. The molecule has 0 radical (unpaired) electrons. The van der Waals surface area contributed by atoms with Crippen LogP contribution in [-0.2, 0) is 17.8 Å². The minimum absolute atomic E-state index is 0.0318. The molecule has 0 aliphatic carbocycles. The van der Waals surface area contributed by atoms with Gasteiger partial charge in [0.25, 0.3) is 0 Å². The Labute approximate surface area is 124 Å². The van der Waals surface area contributed by atoms with Crippen LogP contribution in [0.3, 0.4) is 0 Å². The van der Waals surface area contributed by atoms with Gasteiger partial charge in [-0.1, -0.05) is 6.92 Å². The predicted molar refractivity (Wildman–Crippen MR) is 79.4 cm³/mol. The lowest BCUT2D eigenvalue weighted by Crippen LogP contribution is -2.30. The fourth-order valence-electron chi connectivity index (χ4n) is 2.21. The maximum Gasteiger partial charge on any atom is 0.220 e. The Morgan fingerprint density at radius 3 is 2.76 bits per heavy atom. The van der Waals surface area contributed by atoms with Crippen molar-refractivity contribution in [2.75, 3.05) is 0 Å². The first-order valence-corrected chi connectivity index (χ1v) is 7.30. The van der Waals surface area contributed by atoms with Gasteiger partial charge in [-0.25, -0.2) is 9.67 Å². The van der Waals surface area contributed by atoms with E-state index in [0.717, 1.165) is 24.4 Å². The summed E-state index contributed by atoms with van der Waals surface area (Å²) in [5, 5.41) is 7.19. The van der Waals surface area contributed by atoms with Crippen molar-refractivity contribution in [1.29, 1.82) is 0 Å². The summed E-state index contributed by atoms with van der Waals surface area (Å²) in [4.78, 5) is 20.3. The monoisotopic (exact) mass is 287 g/mol. The third-order valence-electron chi connectivity index (χ3n) is 3.39. The van der Waals surface area contributed by atoms with E-state index < -0.39 is 0 Å². The zero-order valence-electron chi connectivity index (χ0n) is 12.5. The highest BCUT2D eigenvalue weighted by atomic mass is 16.1. The van der Waals surface area contributed by atoms with Gasteiger partial charge in [0.1, 0.15) is 12.2 Å². The highest BCUT2D eigenvalue weighted by Gasteiger charge is 2.17. The number of carbonyl (C=O) groups excluding carboxylic acids is 1. The van der Waals surface area contributed by atoms with Gasteiger partial charge in [0, 0.05) is 25.4 Å². The number of amides is 1. The van der Waals surface area contributed by atoms with Crippen molar-refractivity contribution in [2.24, 2.45) is 0 Å². The van der Waals surface area contributed by atoms with E-state index >= 15 is 0 Å². The molecule has 1 N–H and O–H groups in total. The standard InChI is InChI=1S/C15H21N5O/c1-3-13(15-17-11-18-20(15)4-2)19-14(21)6-5-12-7-9-16-10-8-12/h7-11,13H,3-6H2,1-2H3,(H,19,21)/t13-/m0/s1. The fraction of sp³-hybridized carbons (Fsp3) is 0.467. The van der Waals surface area contributed by atoms with Crippen LogP contribution in [0.1, 0.15) is 44.1 Å². The zero-order valence-corrected chi connectivity index (χ0v) is 12.5. The van der Waals surface area contributed by atoms with E-state index in [2.05, 4.69) is 20.4 Å². The third-order valence-corrected chi connectivity index (χ3v) is 3.39. The second kappa shape index (κ2) is 7.52. The van der Waals surface area contributed by atoms with Crippen LogP contribution in [0.25, 0.3) is 0 Å². The number of hydrogen-bond donors (Lipinski definition) is 1. The molecule has 0 aliphatic heterocycles. The molecule has 0 spiro atoms. The molecular formula is C15H21N5O. The van der Waals surface area contributed by atoms with Gasteiger partial charge in [-0.05, 0) is 37.5 Å². The number of aromatic nitrogens is 4. The first-order chi connectivity index (χ1) is 10.2. The molecule has 2 rings (SSSR count). The summed E-state index contributed by atoms with van der Waals surface area (Å²) in [5.41, 5.74) is 1.12. The molecular weight excluding hydrogens is 266 g/mol. The summed E-state index contributed by atoms with van der Waals surface area (Å²) >= 11 is 0. The maximum atomic E-state index is 12.1. The van der Waals surface area contributed by atoms with E-state index in [1.165, 1.54) is 6.33 Å². The van der Waals surface area contributed by atoms with Crippen LogP contribution in [0.15, 0.2) is 30.9 Å². The molecule has 0 aromatic carbocycles. The van der Waals surface area contributed by atoms with Crippen molar-refractivity contribution in [2.45, 2.75) is 45.7 Å². The SMILES string of the molecule is CC[C@H](NC(=O)CCc1ccncc1)c1ncnn1CC. The minimum atomic E-state index is -0.0857. The van der Waals surface area contributed by atoms with Gasteiger partial charge in [-0.15, -0.1) is 0 Å². The minimum Gasteiger partial charge on any atom is -0.346 e. The highest BCUT2D eigenvalue weighted by molar-refractivity contribution is 5.76. The van der Waals surface area contributed by atoms with Gasteiger partial charge < -0.3 is 5.32 Å². The van der Waals surface area contributed by atoms with Gasteiger partial charge in [0.05, 0.1) is 6.04 Å². The second-order valence-electron chi connectivity index (χ2n) is 4.82. The molecule has 1 amide bonds. The molecule has 1 atom stereocenters. The molecule has 21 heavy (non-hydrogen) atoms. The lowest BCUT2D eigenvalue weighted by Gasteiger charge is -2.16. The first kappa shape index (κ1) is 15.2. The van der Waals surface area contributed by atoms with Crippen molar-refractivity contribution >= 4 is 5.91 Å². The summed E-state index contributed by atoms with van der Waals surface area (Å²) in [5.74, 6) is 0.849. The van der Waals surface area contributed by atoms with Gasteiger partial charge >= 0.3 is 0 Å². The number of pyridine rings is 1. The maximum absolute atomic E-state index is 12.1. The van der Waals surface area contributed by atoms with E-state index in [1.54, 1.807) is 12.4 Å². The molecule has 2 heterocycles. The molecule has 0 fully saturated rings. The van der Waals surface area contributed by atoms with Crippen LogP contribution < -0.4 is 5.32 Å². The highest BCUT2D eigenvalue weighted by Crippen LogP contribution is 2.14. The van der Waals surface area contributed by atoms with E-state index in [0.29, 0.717) is 12.8 Å². The van der Waals surface area contributed by atoms with Crippen LogP contribution in [0.2, 0.25) is 0 Å². The zero-order chi connectivity index (χ0) is 15.1. The number of rotatable bonds is 7. The Kier molecular flexibility index (Phi) is 5.43. The Morgan fingerprint density at radius 1 is 1.33 bits per heavy atom. The van der Waals surface area contributed by atoms with E-state index in [9.17, 15) is 4.79 Å². The summed E-state index contributed by atoms with van der Waals surface area (Å²) in [6.07, 6.45) is 6.98. The van der Waals surface area contributed by atoms with E-state index in [4.69, 9.17) is 0 Å². The second-order valence-corrected chi connectivity index (χ2v) is 4.82. The first-order valence-electron chi connectivity index (χ1n) is 7.30. The lowest BCUT2D eigenvalue weighted by molar-refractivity contribution is -0.121. The summed E-state index contributed by atoms with van der Waals surface area (Å²) < 4.78 is 1.82. The predicted octanol–water partition coefficient (Wildman–Crippen LogP) is 1.89. The summed E-state index contributed by atoms with van der Waals surface area (Å²) in [7, 11) is 0. The van der Waals surface area contributed by atoms with Crippen LogP contribution in [0, 0.1) is 0 Å². The van der Waals surface area contributed by atoms with E-state index in [-0.39, 0.29) is 11.9 Å². The lowest BCUT2D eigenvalue weighted by atomic mass is 10.1. The molecule has 2 aromatic heterocycles. The number of nitrogens with zero attached hydrogens (tertiary/aromatic N) is 4. The van der Waals surface area contributed by atoms with Gasteiger partial charge in [0.2, 0.25) is 5.91 Å². The Bertz CT molecular complexity index is 566. The Balaban J connectivity index is 1.91. The largest absolute Gasteiger partial charge is 0.346 e. The average molecular weight is 287 g/mol. The Morgan fingerprint density at radius 2 is 2.10 bits per heavy atom. The summed E-state index contributed by atoms with van der Waals surface area (Å²) in [6.45, 7) is 4.79. The smallest absolute Gasteiger partial charge is 0.220 e.